The number of nitrogens with one attached hydrogen (secondary N) is 2. The van der Waals surface area contributed by atoms with Crippen molar-refractivity contribution in [3.8, 4) is 0 Å². The van der Waals surface area contributed by atoms with Crippen molar-refractivity contribution in [1.82, 2.24) is 15.5 Å². The van der Waals surface area contributed by atoms with Crippen molar-refractivity contribution in [2.24, 2.45) is 5.92 Å². The first kappa shape index (κ1) is 26.5. The Morgan fingerprint density at radius 2 is 1.71 bits per heavy atom. The van der Waals surface area contributed by atoms with Gasteiger partial charge in [0, 0.05) is 13.1 Å². The van der Waals surface area contributed by atoms with E-state index in [0.717, 1.165) is 5.56 Å². The summed E-state index contributed by atoms with van der Waals surface area (Å²) in [5, 5.41) is 5.62. The molecule has 7 heteroatoms. The molecule has 0 saturated carbocycles. The number of likely N-dealkylation sites (N-methyl/N-ethyl adjacent to an activating group) is 1. The number of rotatable bonds is 8. The molecule has 3 atom stereocenters. The van der Waals surface area contributed by atoms with Gasteiger partial charge in [-0.1, -0.05) is 50.1 Å². The van der Waals surface area contributed by atoms with Crippen molar-refractivity contribution >= 4 is 17.9 Å². The van der Waals surface area contributed by atoms with E-state index in [4.69, 9.17) is 4.74 Å². The summed E-state index contributed by atoms with van der Waals surface area (Å²) in [7, 11) is 1.60. The van der Waals surface area contributed by atoms with Gasteiger partial charge in [0.25, 0.3) is 0 Å². The Labute approximate surface area is 186 Å². The molecule has 0 fully saturated rings. The van der Waals surface area contributed by atoms with Crippen molar-refractivity contribution in [3.05, 3.63) is 35.4 Å². The van der Waals surface area contributed by atoms with E-state index in [-0.39, 0.29) is 23.8 Å². The largest absolute Gasteiger partial charge is 0.444 e. The average Bonchev–Trinajstić information content (AvgIpc) is 2.63. The minimum Gasteiger partial charge on any atom is -0.444 e. The number of amides is 3. The van der Waals surface area contributed by atoms with Crippen molar-refractivity contribution in [2.45, 2.75) is 85.5 Å². The number of hydrogen-bond donors (Lipinski definition) is 2. The molecule has 0 saturated heterocycles. The Balaban J connectivity index is 3.26. The highest BCUT2D eigenvalue weighted by Gasteiger charge is 2.36. The SMILES string of the molecule is CCC(C)C(NC(=O)OC(C)(C)C)C(=O)N(C)C(C(=O)NC(C)C)c1cccc(C)c1. The molecule has 0 aliphatic carbocycles. The summed E-state index contributed by atoms with van der Waals surface area (Å²) in [6, 6.07) is 5.83. The molecule has 0 bridgehead atoms. The first-order chi connectivity index (χ1) is 14.3. The van der Waals surface area contributed by atoms with Crippen molar-refractivity contribution in [1.29, 1.82) is 0 Å². The number of nitrogens with zero attached hydrogens (tertiary/aromatic N) is 1. The molecule has 1 aromatic carbocycles. The van der Waals surface area contributed by atoms with E-state index >= 15 is 0 Å². The van der Waals surface area contributed by atoms with Crippen LogP contribution in [0.5, 0.6) is 0 Å². The highest BCUT2D eigenvalue weighted by Crippen LogP contribution is 2.24. The molecular weight excluding hydrogens is 394 g/mol. The first-order valence-electron chi connectivity index (χ1n) is 10.9. The summed E-state index contributed by atoms with van der Waals surface area (Å²) >= 11 is 0. The molecule has 1 rings (SSSR count). The Hall–Kier alpha value is -2.57. The fraction of sp³-hybridized carbons (Fsp3) is 0.625. The van der Waals surface area contributed by atoms with E-state index < -0.39 is 23.8 Å². The lowest BCUT2D eigenvalue weighted by molar-refractivity contribution is -0.142. The predicted molar refractivity (Wildman–Crippen MR) is 123 cm³/mol. The van der Waals surface area contributed by atoms with Crippen LogP contribution in [0.2, 0.25) is 0 Å². The Bertz CT molecular complexity index is 770. The molecule has 1 aromatic rings. The van der Waals surface area contributed by atoms with E-state index in [0.29, 0.717) is 12.0 Å². The number of hydrogen-bond acceptors (Lipinski definition) is 4. The van der Waals surface area contributed by atoms with Crippen LogP contribution in [-0.4, -0.2) is 47.5 Å². The van der Waals surface area contributed by atoms with Gasteiger partial charge in [-0.05, 0) is 53.0 Å². The number of ether oxygens (including phenoxy) is 1. The van der Waals surface area contributed by atoms with Crippen LogP contribution >= 0.6 is 0 Å². The van der Waals surface area contributed by atoms with E-state index in [2.05, 4.69) is 10.6 Å². The predicted octanol–water partition coefficient (Wildman–Crippen LogP) is 3.96. The van der Waals surface area contributed by atoms with Gasteiger partial charge in [-0.3, -0.25) is 9.59 Å². The highest BCUT2D eigenvalue weighted by molar-refractivity contribution is 5.92. The number of carbonyl (C=O) groups excluding carboxylic acids is 3. The van der Waals surface area contributed by atoms with Gasteiger partial charge in [-0.25, -0.2) is 4.79 Å². The van der Waals surface area contributed by atoms with Gasteiger partial charge in [-0.15, -0.1) is 0 Å². The van der Waals surface area contributed by atoms with Crippen LogP contribution in [0, 0.1) is 12.8 Å². The molecule has 7 nitrogen and oxygen atoms in total. The van der Waals surface area contributed by atoms with Crippen molar-refractivity contribution in [2.75, 3.05) is 7.05 Å². The normalized spacial score (nSPS) is 14.4. The van der Waals surface area contributed by atoms with Gasteiger partial charge < -0.3 is 20.3 Å². The van der Waals surface area contributed by atoms with Crippen LogP contribution in [0.25, 0.3) is 0 Å². The van der Waals surface area contributed by atoms with Crippen LogP contribution in [0.1, 0.15) is 72.1 Å². The van der Waals surface area contributed by atoms with Crippen LogP contribution in [0.15, 0.2) is 24.3 Å². The van der Waals surface area contributed by atoms with E-state index in [1.807, 2.05) is 58.9 Å². The van der Waals surface area contributed by atoms with Gasteiger partial charge in [-0.2, -0.15) is 0 Å². The third-order valence-corrected chi connectivity index (χ3v) is 4.92. The second kappa shape index (κ2) is 11.2. The molecule has 2 N–H and O–H groups in total. The molecule has 3 unspecified atom stereocenters. The van der Waals surface area contributed by atoms with Gasteiger partial charge >= 0.3 is 6.09 Å². The number of aryl methyl sites for hydroxylation is 1. The summed E-state index contributed by atoms with van der Waals surface area (Å²) < 4.78 is 5.35. The van der Waals surface area contributed by atoms with Gasteiger partial charge in [0.2, 0.25) is 11.8 Å². The zero-order valence-electron chi connectivity index (χ0n) is 20.4. The first-order valence-corrected chi connectivity index (χ1v) is 10.9. The fourth-order valence-electron chi connectivity index (χ4n) is 3.22. The van der Waals surface area contributed by atoms with Crippen LogP contribution in [0.3, 0.4) is 0 Å². The van der Waals surface area contributed by atoms with E-state index in [1.54, 1.807) is 27.8 Å². The minimum absolute atomic E-state index is 0.0754. The summed E-state index contributed by atoms with van der Waals surface area (Å²) in [5.74, 6) is -0.754. The molecule has 0 aromatic heterocycles. The molecule has 174 valence electrons. The molecule has 0 heterocycles. The molecule has 0 radical (unpaired) electrons. The summed E-state index contributed by atoms with van der Waals surface area (Å²) in [6.45, 7) is 14.8. The molecular formula is C24H39N3O4. The summed E-state index contributed by atoms with van der Waals surface area (Å²) in [6.07, 6.45) is 0.0196. The minimum atomic E-state index is -0.818. The van der Waals surface area contributed by atoms with Crippen molar-refractivity contribution in [3.63, 3.8) is 0 Å². The maximum absolute atomic E-state index is 13.5. The Kier molecular flexibility index (Phi) is 9.53. The van der Waals surface area contributed by atoms with Gasteiger partial charge in [0.1, 0.15) is 17.7 Å². The Morgan fingerprint density at radius 1 is 1.10 bits per heavy atom. The van der Waals surface area contributed by atoms with Crippen LogP contribution in [0.4, 0.5) is 4.79 Å². The lowest BCUT2D eigenvalue weighted by atomic mass is 9.96. The maximum atomic E-state index is 13.5. The van der Waals surface area contributed by atoms with Crippen LogP contribution < -0.4 is 10.6 Å². The highest BCUT2D eigenvalue weighted by atomic mass is 16.6. The molecule has 3 amide bonds. The summed E-state index contributed by atoms with van der Waals surface area (Å²) in [5.41, 5.74) is 1.03. The fourth-order valence-corrected chi connectivity index (χ4v) is 3.22. The van der Waals surface area contributed by atoms with E-state index in [9.17, 15) is 14.4 Å². The zero-order chi connectivity index (χ0) is 23.9. The third-order valence-electron chi connectivity index (χ3n) is 4.92. The monoisotopic (exact) mass is 433 g/mol. The second-order valence-electron chi connectivity index (χ2n) is 9.44. The smallest absolute Gasteiger partial charge is 0.408 e. The molecule has 0 spiro atoms. The maximum Gasteiger partial charge on any atom is 0.408 e. The number of carbonyl (C=O) groups is 3. The Morgan fingerprint density at radius 3 is 2.19 bits per heavy atom. The lowest BCUT2D eigenvalue weighted by Gasteiger charge is -2.34. The molecule has 0 aliphatic heterocycles. The van der Waals surface area contributed by atoms with Gasteiger partial charge in [0.15, 0.2) is 0 Å². The topological polar surface area (TPSA) is 87.7 Å². The molecule has 0 aliphatic rings. The molecule has 31 heavy (non-hydrogen) atoms. The van der Waals surface area contributed by atoms with E-state index in [1.165, 1.54) is 4.90 Å². The standard InChI is InChI=1S/C24H39N3O4/c1-10-17(5)19(26-23(30)31-24(6,7)8)22(29)27(9)20(21(28)25-15(2)3)18-13-11-12-16(4)14-18/h11-15,17,19-20H,10H2,1-9H3,(H,25,28)(H,26,30). The summed E-state index contributed by atoms with van der Waals surface area (Å²) in [4.78, 5) is 40.4. The van der Waals surface area contributed by atoms with Crippen molar-refractivity contribution < 1.29 is 19.1 Å². The lowest BCUT2D eigenvalue weighted by Crippen LogP contribution is -2.54. The van der Waals surface area contributed by atoms with Gasteiger partial charge in [0.05, 0.1) is 0 Å². The number of benzene rings is 1. The quantitative estimate of drug-likeness (QED) is 0.650. The third kappa shape index (κ3) is 8.23. The zero-order valence-corrected chi connectivity index (χ0v) is 20.4. The second-order valence-corrected chi connectivity index (χ2v) is 9.44. The number of alkyl carbamates (subject to hydrolysis) is 1. The van der Waals surface area contributed by atoms with Crippen LogP contribution in [-0.2, 0) is 14.3 Å². The average molecular weight is 434 g/mol.